The molecule has 4 heteroatoms. The maximum Gasteiger partial charge on any atom is 0.230 e. The smallest absolute Gasteiger partial charge is 0.230 e. The number of anilines is 1. The number of nitrogens with zero attached hydrogens (tertiary/aromatic N) is 1. The Kier molecular flexibility index (Phi) is 4.33. The Morgan fingerprint density at radius 3 is 2.35 bits per heavy atom. The third-order valence-corrected chi connectivity index (χ3v) is 4.16. The zero-order chi connectivity index (χ0) is 14.8. The molecule has 1 aliphatic heterocycles. The van der Waals surface area contributed by atoms with Crippen LogP contribution in [0.2, 0.25) is 0 Å². The lowest BCUT2D eigenvalue weighted by molar-refractivity contribution is -0.143. The number of aliphatic hydroxyl groups excluding tert-OH is 1. The predicted molar refractivity (Wildman–Crippen MR) is 80.3 cm³/mol. The van der Waals surface area contributed by atoms with Crippen LogP contribution in [-0.4, -0.2) is 35.6 Å². The minimum Gasteiger partial charge on any atom is -0.399 e. The van der Waals surface area contributed by atoms with Crippen LogP contribution in [0.1, 0.15) is 38.2 Å². The van der Waals surface area contributed by atoms with Gasteiger partial charge in [-0.05, 0) is 50.3 Å². The van der Waals surface area contributed by atoms with E-state index in [2.05, 4.69) is 12.1 Å². The second-order valence-electron chi connectivity index (χ2n) is 6.28. The van der Waals surface area contributed by atoms with E-state index < -0.39 is 5.41 Å². The number of nitrogen functional groups attached to an aromatic ring is 1. The van der Waals surface area contributed by atoms with E-state index >= 15 is 0 Å². The molecule has 0 aromatic heterocycles. The lowest BCUT2D eigenvalue weighted by atomic mass is 9.87. The monoisotopic (exact) mass is 276 g/mol. The number of hydrogen-bond acceptors (Lipinski definition) is 3. The number of benzene rings is 1. The van der Waals surface area contributed by atoms with Gasteiger partial charge in [-0.2, -0.15) is 0 Å². The van der Waals surface area contributed by atoms with Gasteiger partial charge in [-0.25, -0.2) is 0 Å². The number of aliphatic hydroxyl groups is 1. The highest BCUT2D eigenvalue weighted by molar-refractivity contribution is 5.82. The highest BCUT2D eigenvalue weighted by atomic mass is 16.3. The van der Waals surface area contributed by atoms with Crippen LogP contribution < -0.4 is 5.73 Å². The van der Waals surface area contributed by atoms with E-state index in [9.17, 15) is 9.90 Å². The molecular formula is C16H24N2O2. The van der Waals surface area contributed by atoms with Crippen LogP contribution in [0.25, 0.3) is 0 Å². The third-order valence-electron chi connectivity index (χ3n) is 4.16. The molecule has 1 aromatic carbocycles. The lowest BCUT2D eigenvalue weighted by Crippen LogP contribution is -2.46. The van der Waals surface area contributed by atoms with Gasteiger partial charge in [-0.15, -0.1) is 0 Å². The molecule has 110 valence electrons. The summed E-state index contributed by atoms with van der Waals surface area (Å²) in [5.41, 5.74) is 7.11. The molecule has 0 aliphatic carbocycles. The van der Waals surface area contributed by atoms with Crippen molar-refractivity contribution < 1.29 is 9.90 Å². The summed E-state index contributed by atoms with van der Waals surface area (Å²) in [5, 5.41) is 9.29. The summed E-state index contributed by atoms with van der Waals surface area (Å²) in [6, 6.07) is 8.02. The third kappa shape index (κ3) is 3.12. The fraction of sp³-hybridized carbons (Fsp3) is 0.562. The van der Waals surface area contributed by atoms with E-state index in [0.29, 0.717) is 5.92 Å². The van der Waals surface area contributed by atoms with Crippen LogP contribution in [0.4, 0.5) is 5.69 Å². The molecule has 1 aliphatic rings. The van der Waals surface area contributed by atoms with E-state index in [1.807, 2.05) is 17.0 Å². The molecule has 0 bridgehead atoms. The maximum atomic E-state index is 12.3. The first-order chi connectivity index (χ1) is 9.44. The fourth-order valence-electron chi connectivity index (χ4n) is 2.68. The van der Waals surface area contributed by atoms with Gasteiger partial charge in [0.25, 0.3) is 0 Å². The Labute approximate surface area is 120 Å². The average molecular weight is 276 g/mol. The van der Waals surface area contributed by atoms with E-state index in [1.54, 1.807) is 13.8 Å². The molecule has 0 radical (unpaired) electrons. The number of rotatable bonds is 3. The summed E-state index contributed by atoms with van der Waals surface area (Å²) in [5.74, 6) is 0.549. The van der Waals surface area contributed by atoms with Gasteiger partial charge < -0.3 is 15.7 Å². The van der Waals surface area contributed by atoms with Gasteiger partial charge in [-0.1, -0.05) is 12.1 Å². The SMILES string of the molecule is CC(C)(CO)C(=O)N1CCC(c2ccc(N)cc2)CC1. The van der Waals surface area contributed by atoms with Crippen molar-refractivity contribution in [2.45, 2.75) is 32.6 Å². The summed E-state index contributed by atoms with van der Waals surface area (Å²) in [6.45, 7) is 5.00. The average Bonchev–Trinajstić information content (AvgIpc) is 2.47. The topological polar surface area (TPSA) is 66.6 Å². The van der Waals surface area contributed by atoms with Crippen LogP contribution in [0, 0.1) is 5.41 Å². The first-order valence-electron chi connectivity index (χ1n) is 7.20. The van der Waals surface area contributed by atoms with Crippen LogP contribution in [0.15, 0.2) is 24.3 Å². The van der Waals surface area contributed by atoms with Crippen molar-refractivity contribution in [3.63, 3.8) is 0 Å². The Morgan fingerprint density at radius 2 is 1.85 bits per heavy atom. The summed E-state index contributed by atoms with van der Waals surface area (Å²) >= 11 is 0. The molecule has 1 fully saturated rings. The standard InChI is InChI=1S/C16H24N2O2/c1-16(2,11-19)15(20)18-9-7-13(8-10-18)12-3-5-14(17)6-4-12/h3-6,13,19H,7-11,17H2,1-2H3. The fourth-order valence-corrected chi connectivity index (χ4v) is 2.68. The number of likely N-dealkylation sites (tertiary alicyclic amines) is 1. The molecule has 0 unspecified atom stereocenters. The van der Waals surface area contributed by atoms with Crippen LogP contribution >= 0.6 is 0 Å². The molecule has 0 atom stereocenters. The molecule has 1 saturated heterocycles. The molecule has 0 spiro atoms. The zero-order valence-electron chi connectivity index (χ0n) is 12.3. The van der Waals surface area contributed by atoms with Crippen molar-refractivity contribution in [3.8, 4) is 0 Å². The van der Waals surface area contributed by atoms with Crippen LogP contribution in [0.3, 0.4) is 0 Å². The van der Waals surface area contributed by atoms with Gasteiger partial charge in [0.15, 0.2) is 0 Å². The van der Waals surface area contributed by atoms with Crippen molar-refractivity contribution in [1.82, 2.24) is 4.90 Å². The number of carbonyl (C=O) groups excluding carboxylic acids is 1. The van der Waals surface area contributed by atoms with Crippen molar-refractivity contribution in [3.05, 3.63) is 29.8 Å². The molecular weight excluding hydrogens is 252 g/mol. The highest BCUT2D eigenvalue weighted by Crippen LogP contribution is 2.30. The summed E-state index contributed by atoms with van der Waals surface area (Å²) in [4.78, 5) is 14.2. The Balaban J connectivity index is 1.96. The largest absolute Gasteiger partial charge is 0.399 e. The van der Waals surface area contributed by atoms with E-state index in [4.69, 9.17) is 5.73 Å². The quantitative estimate of drug-likeness (QED) is 0.830. The maximum absolute atomic E-state index is 12.3. The summed E-state index contributed by atoms with van der Waals surface area (Å²) in [6.07, 6.45) is 1.94. The van der Waals surface area contributed by atoms with Gasteiger partial charge >= 0.3 is 0 Å². The molecule has 20 heavy (non-hydrogen) atoms. The molecule has 3 N–H and O–H groups in total. The molecule has 1 heterocycles. The van der Waals surface area contributed by atoms with Crippen LogP contribution in [0.5, 0.6) is 0 Å². The Hall–Kier alpha value is -1.55. The normalized spacial score (nSPS) is 17.2. The van der Waals surface area contributed by atoms with E-state index in [1.165, 1.54) is 5.56 Å². The zero-order valence-corrected chi connectivity index (χ0v) is 12.3. The number of amides is 1. The molecule has 0 saturated carbocycles. The van der Waals surface area contributed by atoms with Gasteiger partial charge in [0, 0.05) is 18.8 Å². The highest BCUT2D eigenvalue weighted by Gasteiger charge is 2.33. The molecule has 1 amide bonds. The predicted octanol–water partition coefficient (Wildman–Crippen LogP) is 1.99. The van der Waals surface area contributed by atoms with E-state index in [-0.39, 0.29) is 12.5 Å². The van der Waals surface area contributed by atoms with Gasteiger partial charge in [0.2, 0.25) is 5.91 Å². The number of carbonyl (C=O) groups is 1. The van der Waals surface area contributed by atoms with Crippen molar-refractivity contribution >= 4 is 11.6 Å². The Bertz CT molecular complexity index is 460. The second kappa shape index (κ2) is 5.83. The lowest BCUT2D eigenvalue weighted by Gasteiger charge is -2.36. The Morgan fingerprint density at radius 1 is 1.30 bits per heavy atom. The van der Waals surface area contributed by atoms with Gasteiger partial charge in [0.05, 0.1) is 12.0 Å². The minimum absolute atomic E-state index is 0.0516. The number of nitrogens with two attached hydrogens (primary N) is 1. The van der Waals surface area contributed by atoms with Crippen molar-refractivity contribution in [1.29, 1.82) is 0 Å². The van der Waals surface area contributed by atoms with Crippen molar-refractivity contribution in [2.24, 2.45) is 5.41 Å². The van der Waals surface area contributed by atoms with Crippen LogP contribution in [-0.2, 0) is 4.79 Å². The van der Waals surface area contributed by atoms with Gasteiger partial charge in [-0.3, -0.25) is 4.79 Å². The number of piperidine rings is 1. The number of hydrogen-bond donors (Lipinski definition) is 2. The first kappa shape index (κ1) is 14.9. The molecule has 2 rings (SSSR count). The summed E-state index contributed by atoms with van der Waals surface area (Å²) < 4.78 is 0. The van der Waals surface area contributed by atoms with Gasteiger partial charge in [0.1, 0.15) is 0 Å². The van der Waals surface area contributed by atoms with E-state index in [0.717, 1.165) is 31.6 Å². The molecule has 4 nitrogen and oxygen atoms in total. The first-order valence-corrected chi connectivity index (χ1v) is 7.20. The molecule has 1 aromatic rings. The van der Waals surface area contributed by atoms with Crippen molar-refractivity contribution in [2.75, 3.05) is 25.4 Å². The second-order valence-corrected chi connectivity index (χ2v) is 6.28. The summed E-state index contributed by atoms with van der Waals surface area (Å²) in [7, 11) is 0. The minimum atomic E-state index is -0.673.